The van der Waals surface area contributed by atoms with Gasteiger partial charge in [-0.25, -0.2) is 9.50 Å². The number of aryl methyl sites for hydroxylation is 1. The molecule has 0 aliphatic carbocycles. The maximum Gasteiger partial charge on any atom is 0.264 e. The maximum absolute atomic E-state index is 13.3. The summed E-state index contributed by atoms with van der Waals surface area (Å²) in [5, 5.41) is 4.33. The van der Waals surface area contributed by atoms with E-state index in [1.54, 1.807) is 17.7 Å². The lowest BCUT2D eigenvalue weighted by molar-refractivity contribution is 0.0664. The first kappa shape index (κ1) is 21.2. The number of likely N-dealkylation sites (tertiary alicyclic amines) is 1. The summed E-state index contributed by atoms with van der Waals surface area (Å²) in [5.74, 6) is 0.448. The molecule has 0 atom stereocenters. The minimum absolute atomic E-state index is 0. The molecule has 170 valence electrons. The van der Waals surface area contributed by atoms with Crippen LogP contribution in [0.1, 0.15) is 54.8 Å². The van der Waals surface area contributed by atoms with Gasteiger partial charge in [0, 0.05) is 26.3 Å². The van der Waals surface area contributed by atoms with E-state index in [1.165, 1.54) is 10.3 Å². The highest BCUT2D eigenvalue weighted by atomic mass is 32.1. The molecule has 4 aromatic rings. The molecule has 4 aromatic heterocycles. The van der Waals surface area contributed by atoms with Crippen LogP contribution in [0, 0.1) is 6.92 Å². The summed E-state index contributed by atoms with van der Waals surface area (Å²) >= 11 is 1.61. The Labute approximate surface area is 193 Å². The number of aromatic amines is 1. The van der Waals surface area contributed by atoms with E-state index in [-0.39, 0.29) is 7.33 Å². The first-order valence-electron chi connectivity index (χ1n) is 11.2. The zero-order valence-electron chi connectivity index (χ0n) is 19.3. The second-order valence-electron chi connectivity index (χ2n) is 9.31. The second-order valence-corrected chi connectivity index (χ2v) is 10.4. The average molecular weight is 453 g/mol. The average Bonchev–Trinajstić information content (AvgIpc) is 3.47. The van der Waals surface area contributed by atoms with Gasteiger partial charge in [0.15, 0.2) is 5.65 Å². The molecule has 1 N–H and O–H groups in total. The lowest BCUT2D eigenvalue weighted by Crippen LogP contribution is -2.44. The van der Waals surface area contributed by atoms with Gasteiger partial charge in [-0.15, -0.1) is 11.3 Å². The summed E-state index contributed by atoms with van der Waals surface area (Å²) < 4.78 is 3.00. The number of aromatic nitrogens is 4. The molecule has 7 nitrogen and oxygen atoms in total. The molecule has 0 saturated carbocycles. The van der Waals surface area contributed by atoms with Crippen molar-refractivity contribution >= 4 is 33.1 Å². The Morgan fingerprint density at radius 1 is 1.31 bits per heavy atom. The molecule has 5 rings (SSSR count). The van der Waals surface area contributed by atoms with Crippen LogP contribution in [0.2, 0.25) is 0 Å². The third-order valence-electron chi connectivity index (χ3n) is 6.70. The van der Waals surface area contributed by atoms with Crippen molar-refractivity contribution < 1.29 is 6.22 Å². The van der Waals surface area contributed by atoms with Gasteiger partial charge < -0.3 is 14.8 Å². The summed E-state index contributed by atoms with van der Waals surface area (Å²) in [6.45, 7) is 8.56. The fourth-order valence-corrected chi connectivity index (χ4v) is 6.13. The second kappa shape index (κ2) is 8.01. The van der Waals surface area contributed by atoms with Crippen LogP contribution in [0.15, 0.2) is 24.7 Å². The number of pyridine rings is 1. The molecule has 1 saturated heterocycles. The quantitative estimate of drug-likeness (QED) is 0.484. The van der Waals surface area contributed by atoms with Crippen molar-refractivity contribution in [1.29, 1.82) is 0 Å². The molecule has 32 heavy (non-hydrogen) atoms. The summed E-state index contributed by atoms with van der Waals surface area (Å²) in [7, 11) is 4.10. The third-order valence-corrected chi connectivity index (χ3v) is 7.85. The summed E-state index contributed by atoms with van der Waals surface area (Å²) in [5.41, 5.74) is 6.43. The Hall–Kier alpha value is -2.71. The predicted octanol–water partition coefficient (Wildman–Crippen LogP) is 4.78. The number of rotatable bonds is 4. The largest absolute Gasteiger partial charge is 0.354 e. The van der Waals surface area contributed by atoms with Crippen LogP contribution in [-0.4, -0.2) is 68.5 Å². The van der Waals surface area contributed by atoms with E-state index in [9.17, 15) is 4.79 Å². The zero-order valence-corrected chi connectivity index (χ0v) is 20.2. The molecule has 1 aliphatic heterocycles. The van der Waals surface area contributed by atoms with Gasteiger partial charge in [0.05, 0.1) is 20.8 Å². The highest BCUT2D eigenvalue weighted by molar-refractivity contribution is 7.21. The summed E-state index contributed by atoms with van der Waals surface area (Å²) in [6, 6.07) is 4.51. The van der Waals surface area contributed by atoms with E-state index < -0.39 is 0 Å². The summed E-state index contributed by atoms with van der Waals surface area (Å²) in [6.07, 6.45) is 5.68. The third kappa shape index (κ3) is 3.51. The first-order valence-corrected chi connectivity index (χ1v) is 12.1. The van der Waals surface area contributed by atoms with Crippen molar-refractivity contribution in [3.63, 3.8) is 0 Å². The molecule has 0 radical (unpaired) electrons. The molecule has 0 unspecified atom stereocenters. The minimum atomic E-state index is 0. The molecule has 1 fully saturated rings. The van der Waals surface area contributed by atoms with Gasteiger partial charge in [0.1, 0.15) is 6.33 Å². The van der Waals surface area contributed by atoms with E-state index >= 15 is 0 Å². The van der Waals surface area contributed by atoms with Crippen LogP contribution in [-0.2, 0) is 0 Å². The Bertz CT molecular complexity index is 1300. The number of carbonyl (C=O) groups is 1. The number of H-pyrrole nitrogens is 1. The normalized spacial score (nSPS) is 15.9. The van der Waals surface area contributed by atoms with Crippen molar-refractivity contribution in [2.45, 2.75) is 45.6 Å². The number of nitrogens with zero attached hydrogens (tertiary/aromatic N) is 5. The molecular formula is C24H32N6OS. The van der Waals surface area contributed by atoms with Crippen molar-refractivity contribution in [2.24, 2.45) is 0 Å². The van der Waals surface area contributed by atoms with Gasteiger partial charge in [-0.3, -0.25) is 4.79 Å². The highest BCUT2D eigenvalue weighted by Gasteiger charge is 2.27. The molecule has 1 aliphatic rings. The van der Waals surface area contributed by atoms with E-state index in [0.29, 0.717) is 12.0 Å². The van der Waals surface area contributed by atoms with Crippen molar-refractivity contribution in [3.8, 4) is 11.3 Å². The fraction of sp³-hybridized carbons (Fsp3) is 0.458. The number of carbonyl (C=O) groups excluding carboxylic acids is 1. The van der Waals surface area contributed by atoms with Gasteiger partial charge >= 0.3 is 0 Å². The molecule has 0 bridgehead atoms. The van der Waals surface area contributed by atoms with E-state index in [0.717, 1.165) is 58.8 Å². The Morgan fingerprint density at radius 2 is 2.06 bits per heavy atom. The van der Waals surface area contributed by atoms with Crippen molar-refractivity contribution in [1.82, 2.24) is 29.4 Å². The van der Waals surface area contributed by atoms with Crippen LogP contribution >= 0.6 is 11.3 Å². The standard InChI is InChI=1S/C24H30N6OS.H2/c1-14(2)20-21(16-10-15(3)23-25-13-26-30(23)12-16)27-18-11-19(32-22(18)20)24(31)29(5)17-6-8-28(4)9-7-17;/h10-14,17,27H,6-9H2,1-5H3;1H. The van der Waals surface area contributed by atoms with Crippen LogP contribution in [0.4, 0.5) is 0 Å². The Morgan fingerprint density at radius 3 is 2.78 bits per heavy atom. The van der Waals surface area contributed by atoms with Crippen LogP contribution in [0.3, 0.4) is 0 Å². The number of piperidine rings is 1. The molecular weight excluding hydrogens is 420 g/mol. The topological polar surface area (TPSA) is 69.5 Å². The smallest absolute Gasteiger partial charge is 0.264 e. The van der Waals surface area contributed by atoms with Crippen molar-refractivity contribution in [3.05, 3.63) is 40.7 Å². The van der Waals surface area contributed by atoms with E-state index in [1.807, 2.05) is 28.7 Å². The number of hydrogen-bond acceptors (Lipinski definition) is 5. The fourth-order valence-electron chi connectivity index (χ4n) is 4.84. The zero-order chi connectivity index (χ0) is 22.6. The number of thiophene rings is 1. The number of amides is 1. The molecule has 8 heteroatoms. The van der Waals surface area contributed by atoms with Gasteiger partial charge in [-0.2, -0.15) is 5.10 Å². The Balaban J connectivity index is 0.00000259. The molecule has 0 spiro atoms. The number of fused-ring (bicyclic) bond motifs is 2. The van der Waals surface area contributed by atoms with E-state index in [4.69, 9.17) is 0 Å². The lowest BCUT2D eigenvalue weighted by atomic mass is 9.99. The predicted molar refractivity (Wildman–Crippen MR) is 132 cm³/mol. The molecule has 1 amide bonds. The van der Waals surface area contributed by atoms with Crippen LogP contribution in [0.5, 0.6) is 0 Å². The first-order chi connectivity index (χ1) is 15.3. The van der Waals surface area contributed by atoms with Gasteiger partial charge in [0.2, 0.25) is 0 Å². The maximum atomic E-state index is 13.3. The van der Waals surface area contributed by atoms with Crippen LogP contribution in [0.25, 0.3) is 27.1 Å². The van der Waals surface area contributed by atoms with Gasteiger partial charge in [0.25, 0.3) is 5.91 Å². The number of nitrogens with one attached hydrogen (secondary N) is 1. The molecule has 0 aromatic carbocycles. The lowest BCUT2D eigenvalue weighted by Gasteiger charge is -2.34. The monoisotopic (exact) mass is 452 g/mol. The summed E-state index contributed by atoms with van der Waals surface area (Å²) in [4.78, 5) is 26.3. The van der Waals surface area contributed by atoms with Crippen molar-refractivity contribution in [2.75, 3.05) is 27.2 Å². The number of hydrogen-bond donors (Lipinski definition) is 1. The minimum Gasteiger partial charge on any atom is -0.354 e. The SMILES string of the molecule is Cc1cc(-c2[nH]c3cc(C(=O)N(C)C4CCN(C)CC4)sc3c2C(C)C)cn2ncnc12.[HH]. The van der Waals surface area contributed by atoms with E-state index in [2.05, 4.69) is 53.9 Å². The Kier molecular flexibility index (Phi) is 5.29. The van der Waals surface area contributed by atoms with Gasteiger partial charge in [-0.1, -0.05) is 13.8 Å². The van der Waals surface area contributed by atoms with Gasteiger partial charge in [-0.05, 0) is 69.1 Å². The molecule has 5 heterocycles. The van der Waals surface area contributed by atoms with Crippen LogP contribution < -0.4 is 0 Å². The highest BCUT2D eigenvalue weighted by Crippen LogP contribution is 2.40.